The summed E-state index contributed by atoms with van der Waals surface area (Å²) in [5.74, 6) is 0.754. The smallest absolute Gasteiger partial charge is 0.159 e. The normalized spacial score (nSPS) is 25.5. The van der Waals surface area contributed by atoms with Gasteiger partial charge in [-0.25, -0.2) is 0 Å². The molecule has 1 heterocycles. The van der Waals surface area contributed by atoms with Crippen LogP contribution in [0.15, 0.2) is 24.4 Å². The molecule has 0 bridgehead atoms. The van der Waals surface area contributed by atoms with E-state index in [0.29, 0.717) is 5.02 Å². The van der Waals surface area contributed by atoms with Crippen LogP contribution in [0.3, 0.4) is 0 Å². The van der Waals surface area contributed by atoms with Gasteiger partial charge in [0.2, 0.25) is 0 Å². The molecule has 0 saturated heterocycles. The van der Waals surface area contributed by atoms with Crippen molar-refractivity contribution in [3.8, 4) is 5.75 Å². The van der Waals surface area contributed by atoms with E-state index in [9.17, 15) is 0 Å². The van der Waals surface area contributed by atoms with Crippen LogP contribution in [0.5, 0.6) is 5.75 Å². The van der Waals surface area contributed by atoms with E-state index in [-0.39, 0.29) is 18.2 Å². The Balaban J connectivity index is 1.99. The van der Waals surface area contributed by atoms with Gasteiger partial charge in [0, 0.05) is 31.2 Å². The van der Waals surface area contributed by atoms with E-state index in [1.54, 1.807) is 13.3 Å². The van der Waals surface area contributed by atoms with Crippen molar-refractivity contribution in [3.05, 3.63) is 33.0 Å². The molecule has 0 spiro atoms. The number of nitrogens with zero attached hydrogens (tertiary/aromatic N) is 1. The summed E-state index contributed by atoms with van der Waals surface area (Å²) in [6.07, 6.45) is 2.42. The highest BCUT2D eigenvalue weighted by Gasteiger charge is 2.41. The summed E-state index contributed by atoms with van der Waals surface area (Å²) in [7, 11) is 1.66. The molecule has 1 aliphatic rings. The maximum atomic E-state index is 6.25. The molecule has 1 saturated carbocycles. The van der Waals surface area contributed by atoms with Gasteiger partial charge in [-0.05, 0) is 40.8 Å². The zero-order valence-corrected chi connectivity index (χ0v) is 13.8. The van der Waals surface area contributed by atoms with E-state index in [0.717, 1.165) is 26.6 Å². The fourth-order valence-electron chi connectivity index (χ4n) is 2.47. The van der Waals surface area contributed by atoms with Crippen LogP contribution < -0.4 is 10.5 Å². The number of methoxy groups -OCH3 is 1. The minimum absolute atomic E-state index is 0.0325. The predicted molar refractivity (Wildman–Crippen MR) is 87.3 cm³/mol. The predicted octanol–water partition coefficient (Wildman–Crippen LogP) is 2.99. The number of fused-ring (bicyclic) bond motifs is 1. The van der Waals surface area contributed by atoms with Gasteiger partial charge in [-0.3, -0.25) is 4.98 Å². The van der Waals surface area contributed by atoms with E-state index in [1.807, 2.05) is 18.2 Å². The highest BCUT2D eigenvalue weighted by Crippen LogP contribution is 2.37. The molecule has 0 aliphatic heterocycles. The van der Waals surface area contributed by atoms with Crippen LogP contribution in [0.2, 0.25) is 5.02 Å². The third-order valence-electron chi connectivity index (χ3n) is 3.58. The summed E-state index contributed by atoms with van der Waals surface area (Å²) >= 11 is 8.46. The molecule has 1 aromatic heterocycles. The lowest BCUT2D eigenvalue weighted by atomic mass is 9.86. The van der Waals surface area contributed by atoms with Gasteiger partial charge in [0.25, 0.3) is 0 Å². The lowest BCUT2D eigenvalue weighted by molar-refractivity contribution is -0.0780. The SMILES string of the molecule is COC1C(N)CC1Oc1c(I)cc(Cl)c2cccnc12. The Morgan fingerprint density at radius 3 is 3.00 bits per heavy atom. The monoisotopic (exact) mass is 404 g/mol. The van der Waals surface area contributed by atoms with E-state index >= 15 is 0 Å². The molecule has 1 aliphatic carbocycles. The maximum Gasteiger partial charge on any atom is 0.159 e. The number of rotatable bonds is 3. The number of hydrogen-bond donors (Lipinski definition) is 1. The molecule has 2 N–H and O–H groups in total. The van der Waals surface area contributed by atoms with Crippen LogP contribution >= 0.6 is 34.2 Å². The first kappa shape index (κ1) is 14.3. The van der Waals surface area contributed by atoms with Gasteiger partial charge >= 0.3 is 0 Å². The molecule has 3 rings (SSSR count). The van der Waals surface area contributed by atoms with Crippen molar-refractivity contribution in [1.82, 2.24) is 4.98 Å². The molecular weight excluding hydrogens is 391 g/mol. The summed E-state index contributed by atoms with van der Waals surface area (Å²) in [5.41, 5.74) is 6.69. The molecule has 3 atom stereocenters. The van der Waals surface area contributed by atoms with E-state index in [4.69, 9.17) is 26.8 Å². The summed E-state index contributed by atoms with van der Waals surface area (Å²) < 4.78 is 12.4. The second kappa shape index (κ2) is 5.63. The highest BCUT2D eigenvalue weighted by molar-refractivity contribution is 14.1. The molecule has 3 unspecified atom stereocenters. The Kier molecular flexibility index (Phi) is 4.03. The highest BCUT2D eigenvalue weighted by atomic mass is 127. The topological polar surface area (TPSA) is 57.4 Å². The Labute approximate surface area is 135 Å². The number of nitrogens with two attached hydrogens (primary N) is 1. The minimum Gasteiger partial charge on any atom is -0.484 e. The van der Waals surface area contributed by atoms with Crippen molar-refractivity contribution in [2.75, 3.05) is 7.11 Å². The van der Waals surface area contributed by atoms with Crippen LogP contribution in [-0.4, -0.2) is 30.3 Å². The molecule has 20 heavy (non-hydrogen) atoms. The van der Waals surface area contributed by atoms with Gasteiger partial charge in [-0.1, -0.05) is 11.6 Å². The standard InChI is InChI=1S/C14H14ClIN2O2/c1-19-14-10(17)6-11(14)20-13-9(16)5-8(15)7-3-2-4-18-12(7)13/h2-5,10-11,14H,6,17H2,1H3. The van der Waals surface area contributed by atoms with Gasteiger partial charge in [0.05, 0.1) is 8.59 Å². The quantitative estimate of drug-likeness (QED) is 0.799. The van der Waals surface area contributed by atoms with Gasteiger partial charge in [0.15, 0.2) is 5.75 Å². The second-order valence-electron chi connectivity index (χ2n) is 4.83. The molecule has 0 amide bonds. The van der Waals surface area contributed by atoms with Crippen molar-refractivity contribution < 1.29 is 9.47 Å². The van der Waals surface area contributed by atoms with Crippen LogP contribution in [0.25, 0.3) is 10.9 Å². The summed E-state index contributed by atoms with van der Waals surface area (Å²) in [6.45, 7) is 0. The van der Waals surface area contributed by atoms with Crippen molar-refractivity contribution in [3.63, 3.8) is 0 Å². The maximum absolute atomic E-state index is 6.25. The molecule has 6 heteroatoms. The number of pyridine rings is 1. The molecule has 1 aromatic carbocycles. The molecular formula is C14H14ClIN2O2. The van der Waals surface area contributed by atoms with Gasteiger partial charge in [-0.15, -0.1) is 0 Å². The molecule has 1 fully saturated rings. The molecule has 0 radical (unpaired) electrons. The zero-order valence-electron chi connectivity index (χ0n) is 10.8. The lowest BCUT2D eigenvalue weighted by Gasteiger charge is -2.41. The fourth-order valence-corrected chi connectivity index (χ4v) is 3.61. The van der Waals surface area contributed by atoms with E-state index in [2.05, 4.69) is 27.6 Å². The Morgan fingerprint density at radius 1 is 1.50 bits per heavy atom. The van der Waals surface area contributed by atoms with Crippen molar-refractivity contribution in [1.29, 1.82) is 0 Å². The Bertz CT molecular complexity index is 652. The number of hydrogen-bond acceptors (Lipinski definition) is 4. The summed E-state index contributed by atoms with van der Waals surface area (Å²) in [4.78, 5) is 4.40. The summed E-state index contributed by atoms with van der Waals surface area (Å²) in [6, 6.07) is 5.73. The lowest BCUT2D eigenvalue weighted by Crippen LogP contribution is -2.59. The van der Waals surface area contributed by atoms with Crippen molar-refractivity contribution in [2.45, 2.75) is 24.7 Å². The average molecular weight is 405 g/mol. The summed E-state index contributed by atoms with van der Waals surface area (Å²) in [5, 5.41) is 1.57. The largest absolute Gasteiger partial charge is 0.484 e. The molecule has 106 valence electrons. The second-order valence-corrected chi connectivity index (χ2v) is 6.39. The first-order valence-corrected chi connectivity index (χ1v) is 7.75. The number of halogens is 2. The number of benzene rings is 1. The van der Waals surface area contributed by atoms with Crippen LogP contribution in [0, 0.1) is 3.57 Å². The first-order valence-electron chi connectivity index (χ1n) is 6.29. The third kappa shape index (κ3) is 2.36. The minimum atomic E-state index is -0.0692. The van der Waals surface area contributed by atoms with Gasteiger partial charge < -0.3 is 15.2 Å². The Morgan fingerprint density at radius 2 is 2.30 bits per heavy atom. The first-order chi connectivity index (χ1) is 9.61. The Hall–Kier alpha value is -0.630. The van der Waals surface area contributed by atoms with Gasteiger partial charge in [-0.2, -0.15) is 0 Å². The number of ether oxygens (including phenoxy) is 2. The van der Waals surface area contributed by atoms with Crippen molar-refractivity contribution >= 4 is 45.1 Å². The molecule has 4 nitrogen and oxygen atoms in total. The van der Waals surface area contributed by atoms with E-state index in [1.165, 1.54) is 0 Å². The van der Waals surface area contributed by atoms with Gasteiger partial charge in [0.1, 0.15) is 17.7 Å². The molecule has 2 aromatic rings. The average Bonchev–Trinajstić information content (AvgIpc) is 2.42. The van der Waals surface area contributed by atoms with E-state index < -0.39 is 0 Å². The van der Waals surface area contributed by atoms with Crippen molar-refractivity contribution in [2.24, 2.45) is 5.73 Å². The third-order valence-corrected chi connectivity index (χ3v) is 4.70. The van der Waals surface area contributed by atoms with Crippen LogP contribution in [-0.2, 0) is 4.74 Å². The van der Waals surface area contributed by atoms with Crippen LogP contribution in [0.1, 0.15) is 6.42 Å². The van der Waals surface area contributed by atoms with Crippen LogP contribution in [0.4, 0.5) is 0 Å². The number of aromatic nitrogens is 1. The fraction of sp³-hybridized carbons (Fsp3) is 0.357. The zero-order chi connectivity index (χ0) is 14.3.